The molecule has 1 aliphatic heterocycles. The molecule has 2 rings (SSSR count). The first kappa shape index (κ1) is 21.0. The molecule has 1 aliphatic carbocycles. The van der Waals surface area contributed by atoms with Crippen LogP contribution in [0.15, 0.2) is 0 Å². The molecule has 2 unspecified atom stereocenters. The first-order valence-corrected chi connectivity index (χ1v) is 10.4. The maximum atomic E-state index is 12.7. The summed E-state index contributed by atoms with van der Waals surface area (Å²) >= 11 is 0. The third-order valence-electron chi connectivity index (χ3n) is 5.72. The molecule has 2 atom stereocenters. The minimum atomic E-state index is -0.525. The number of hydrogen-bond acceptors (Lipinski definition) is 4. The predicted molar refractivity (Wildman–Crippen MR) is 102 cm³/mol. The zero-order chi connectivity index (χ0) is 19.2. The Morgan fingerprint density at radius 1 is 0.923 bits per heavy atom. The van der Waals surface area contributed by atoms with Crippen LogP contribution < -0.4 is 0 Å². The number of carbonyl (C=O) groups is 2. The lowest BCUT2D eigenvalue weighted by atomic mass is 9.79. The molecule has 0 aromatic heterocycles. The van der Waals surface area contributed by atoms with Gasteiger partial charge in [0.25, 0.3) is 0 Å². The lowest BCUT2D eigenvalue weighted by Crippen LogP contribution is -2.47. The highest BCUT2D eigenvalue weighted by Crippen LogP contribution is 2.36. The molecule has 1 saturated heterocycles. The van der Waals surface area contributed by atoms with E-state index < -0.39 is 5.60 Å². The smallest absolute Gasteiger partial charge is 0.410 e. The minimum absolute atomic E-state index is 0.0944. The number of methoxy groups -OCH3 is 1. The van der Waals surface area contributed by atoms with E-state index in [0.29, 0.717) is 12.5 Å². The summed E-state index contributed by atoms with van der Waals surface area (Å²) < 4.78 is 10.8. The van der Waals surface area contributed by atoms with Crippen molar-refractivity contribution in [2.45, 2.75) is 96.6 Å². The number of rotatable bonds is 3. The Hall–Kier alpha value is -1.26. The molecule has 0 radical (unpaired) electrons. The number of amides is 1. The molecule has 26 heavy (non-hydrogen) atoms. The molecule has 0 aromatic carbocycles. The van der Waals surface area contributed by atoms with E-state index in [1.54, 1.807) is 4.90 Å². The van der Waals surface area contributed by atoms with E-state index in [9.17, 15) is 9.59 Å². The second-order valence-corrected chi connectivity index (χ2v) is 8.89. The van der Waals surface area contributed by atoms with Gasteiger partial charge in [-0.05, 0) is 52.4 Å². The molecular formula is C21H37NO4. The lowest BCUT2D eigenvalue weighted by Gasteiger charge is -2.35. The SMILES string of the molecule is COC(=O)C(C1CCCCCCCC1)C1CCCN1C(=O)OC(C)(C)C. The van der Waals surface area contributed by atoms with Gasteiger partial charge in [0, 0.05) is 12.6 Å². The van der Waals surface area contributed by atoms with Crippen LogP contribution in [0.1, 0.15) is 85.0 Å². The Kier molecular flexibility index (Phi) is 7.78. The van der Waals surface area contributed by atoms with E-state index in [1.165, 1.54) is 32.8 Å². The Labute approximate surface area is 158 Å². The number of hydrogen-bond donors (Lipinski definition) is 0. The van der Waals surface area contributed by atoms with Crippen LogP contribution in [0, 0.1) is 11.8 Å². The fourth-order valence-corrected chi connectivity index (χ4v) is 4.54. The average Bonchev–Trinajstić information content (AvgIpc) is 3.07. The van der Waals surface area contributed by atoms with E-state index in [0.717, 1.165) is 38.5 Å². The van der Waals surface area contributed by atoms with Gasteiger partial charge in [-0.2, -0.15) is 0 Å². The standard InChI is InChI=1S/C21H37NO4/c1-21(2,3)26-20(24)22-15-11-14-17(22)18(19(23)25-4)16-12-9-7-5-6-8-10-13-16/h16-18H,5-15H2,1-4H3. The van der Waals surface area contributed by atoms with Crippen molar-refractivity contribution in [3.8, 4) is 0 Å². The molecule has 5 nitrogen and oxygen atoms in total. The van der Waals surface area contributed by atoms with Crippen LogP contribution >= 0.6 is 0 Å². The van der Waals surface area contributed by atoms with Crippen LogP contribution in [0.4, 0.5) is 4.79 Å². The molecule has 1 saturated carbocycles. The maximum Gasteiger partial charge on any atom is 0.410 e. The highest BCUT2D eigenvalue weighted by atomic mass is 16.6. The quantitative estimate of drug-likeness (QED) is 0.664. The zero-order valence-electron chi connectivity index (χ0n) is 17.1. The van der Waals surface area contributed by atoms with Crippen molar-refractivity contribution in [1.29, 1.82) is 0 Å². The van der Waals surface area contributed by atoms with E-state index in [4.69, 9.17) is 9.47 Å². The van der Waals surface area contributed by atoms with Gasteiger partial charge in [-0.25, -0.2) is 4.79 Å². The minimum Gasteiger partial charge on any atom is -0.469 e. The van der Waals surface area contributed by atoms with Gasteiger partial charge in [-0.1, -0.05) is 38.5 Å². The molecule has 150 valence electrons. The molecule has 0 bridgehead atoms. The molecule has 1 amide bonds. The monoisotopic (exact) mass is 367 g/mol. The third-order valence-corrected chi connectivity index (χ3v) is 5.72. The van der Waals surface area contributed by atoms with Gasteiger partial charge in [-0.15, -0.1) is 0 Å². The Morgan fingerprint density at radius 3 is 2.04 bits per heavy atom. The highest BCUT2D eigenvalue weighted by molar-refractivity contribution is 5.76. The Bertz CT molecular complexity index is 461. The van der Waals surface area contributed by atoms with Crippen molar-refractivity contribution < 1.29 is 19.1 Å². The second-order valence-electron chi connectivity index (χ2n) is 8.89. The van der Waals surface area contributed by atoms with Gasteiger partial charge in [0.2, 0.25) is 0 Å². The van der Waals surface area contributed by atoms with Gasteiger partial charge in [0.15, 0.2) is 0 Å². The number of nitrogens with zero attached hydrogens (tertiary/aromatic N) is 1. The van der Waals surface area contributed by atoms with Gasteiger partial charge in [0.05, 0.1) is 13.0 Å². The van der Waals surface area contributed by atoms with Gasteiger partial charge < -0.3 is 14.4 Å². The number of esters is 1. The Morgan fingerprint density at radius 2 is 1.50 bits per heavy atom. The lowest BCUT2D eigenvalue weighted by molar-refractivity contribution is -0.150. The van der Waals surface area contributed by atoms with Crippen LogP contribution in [0.5, 0.6) is 0 Å². The van der Waals surface area contributed by atoms with Crippen molar-refractivity contribution in [3.63, 3.8) is 0 Å². The van der Waals surface area contributed by atoms with E-state index in [-0.39, 0.29) is 24.0 Å². The normalized spacial score (nSPS) is 24.3. The van der Waals surface area contributed by atoms with Gasteiger partial charge in [-0.3, -0.25) is 4.79 Å². The van der Waals surface area contributed by atoms with Crippen LogP contribution in [0.25, 0.3) is 0 Å². The largest absolute Gasteiger partial charge is 0.469 e. The first-order valence-electron chi connectivity index (χ1n) is 10.4. The fraction of sp³-hybridized carbons (Fsp3) is 0.905. The van der Waals surface area contributed by atoms with Crippen LogP contribution in [0.2, 0.25) is 0 Å². The van der Waals surface area contributed by atoms with Gasteiger partial charge >= 0.3 is 12.1 Å². The number of ether oxygens (including phenoxy) is 2. The topological polar surface area (TPSA) is 55.8 Å². The van der Waals surface area contributed by atoms with Crippen LogP contribution in [-0.2, 0) is 14.3 Å². The highest BCUT2D eigenvalue weighted by Gasteiger charge is 2.44. The molecule has 2 aliphatic rings. The first-order chi connectivity index (χ1) is 12.3. The summed E-state index contributed by atoms with van der Waals surface area (Å²) in [5.74, 6) is -0.0867. The summed E-state index contributed by atoms with van der Waals surface area (Å²) in [7, 11) is 1.47. The molecule has 0 aromatic rings. The van der Waals surface area contributed by atoms with E-state index in [2.05, 4.69) is 0 Å². The summed E-state index contributed by atoms with van der Waals surface area (Å²) in [6.45, 7) is 6.31. The van der Waals surface area contributed by atoms with Crippen LogP contribution in [-0.4, -0.2) is 42.3 Å². The summed E-state index contributed by atoms with van der Waals surface area (Å²) in [5.41, 5.74) is -0.525. The van der Waals surface area contributed by atoms with Crippen molar-refractivity contribution in [2.24, 2.45) is 11.8 Å². The van der Waals surface area contributed by atoms with Crippen LogP contribution in [0.3, 0.4) is 0 Å². The number of likely N-dealkylation sites (tertiary alicyclic amines) is 1. The summed E-state index contributed by atoms with van der Waals surface area (Å²) in [5, 5.41) is 0. The predicted octanol–water partition coefficient (Wildman–Crippen LogP) is 4.93. The molecule has 0 spiro atoms. The number of carbonyl (C=O) groups excluding carboxylic acids is 2. The molecule has 5 heteroatoms. The molecular weight excluding hydrogens is 330 g/mol. The zero-order valence-corrected chi connectivity index (χ0v) is 17.1. The molecule has 0 N–H and O–H groups in total. The third kappa shape index (κ3) is 5.88. The second kappa shape index (κ2) is 9.61. The van der Waals surface area contributed by atoms with E-state index in [1.807, 2.05) is 20.8 Å². The van der Waals surface area contributed by atoms with Gasteiger partial charge in [0.1, 0.15) is 5.60 Å². The maximum absolute atomic E-state index is 12.7. The van der Waals surface area contributed by atoms with Crippen molar-refractivity contribution in [1.82, 2.24) is 4.90 Å². The van der Waals surface area contributed by atoms with Crippen molar-refractivity contribution in [2.75, 3.05) is 13.7 Å². The summed E-state index contributed by atoms with van der Waals surface area (Å²) in [6.07, 6.45) is 11.0. The Balaban J connectivity index is 2.18. The van der Waals surface area contributed by atoms with Crippen molar-refractivity contribution in [3.05, 3.63) is 0 Å². The van der Waals surface area contributed by atoms with Crippen molar-refractivity contribution >= 4 is 12.1 Å². The van der Waals surface area contributed by atoms with E-state index >= 15 is 0 Å². The average molecular weight is 368 g/mol. The summed E-state index contributed by atoms with van der Waals surface area (Å²) in [6, 6.07) is -0.0944. The molecule has 2 fully saturated rings. The summed E-state index contributed by atoms with van der Waals surface area (Å²) in [4.78, 5) is 27.2. The molecule has 1 heterocycles. The fourth-order valence-electron chi connectivity index (χ4n) is 4.54.